The first-order valence-corrected chi connectivity index (χ1v) is 7.63. The number of hydrogen-bond acceptors (Lipinski definition) is 4. The van der Waals surface area contributed by atoms with Gasteiger partial charge in [-0.1, -0.05) is 28.1 Å². The number of rotatable bonds is 5. The molecule has 0 aliphatic carbocycles. The first-order valence-electron chi connectivity index (χ1n) is 6.84. The lowest BCUT2D eigenvalue weighted by Crippen LogP contribution is -2.17. The quantitative estimate of drug-likeness (QED) is 0.810. The molecule has 1 N–H and O–H groups in total. The zero-order valence-corrected chi connectivity index (χ0v) is 14.3. The highest BCUT2D eigenvalue weighted by atomic mass is 79.9. The minimum atomic E-state index is -0.511. The van der Waals surface area contributed by atoms with E-state index >= 15 is 0 Å². The molecular formula is C17H16BrNO4. The minimum Gasteiger partial charge on any atom is -0.497 e. The third-order valence-corrected chi connectivity index (χ3v) is 3.65. The topological polar surface area (TPSA) is 64.6 Å². The van der Waals surface area contributed by atoms with Crippen molar-refractivity contribution in [1.82, 2.24) is 0 Å². The van der Waals surface area contributed by atoms with Gasteiger partial charge in [0.05, 0.1) is 31.9 Å². The zero-order chi connectivity index (χ0) is 16.8. The van der Waals surface area contributed by atoms with Crippen LogP contribution in [0.2, 0.25) is 0 Å². The van der Waals surface area contributed by atoms with Crippen molar-refractivity contribution < 1.29 is 19.1 Å². The summed E-state index contributed by atoms with van der Waals surface area (Å²) in [7, 11) is 2.87. The highest BCUT2D eigenvalue weighted by Gasteiger charge is 2.15. The molecule has 0 spiro atoms. The second-order valence-electron chi connectivity index (χ2n) is 4.76. The van der Waals surface area contributed by atoms with Gasteiger partial charge in [0.1, 0.15) is 5.75 Å². The summed E-state index contributed by atoms with van der Waals surface area (Å²) in [6.45, 7) is 0. The summed E-state index contributed by atoms with van der Waals surface area (Å²) < 4.78 is 10.6. The van der Waals surface area contributed by atoms with Crippen LogP contribution in [0.25, 0.3) is 0 Å². The van der Waals surface area contributed by atoms with Gasteiger partial charge in [-0.05, 0) is 35.9 Å². The third-order valence-electron chi connectivity index (χ3n) is 3.16. The summed E-state index contributed by atoms with van der Waals surface area (Å²) in [5, 5.41) is 2.74. The normalized spacial score (nSPS) is 10.0. The van der Waals surface area contributed by atoms with Crippen molar-refractivity contribution >= 4 is 33.5 Å². The van der Waals surface area contributed by atoms with Crippen LogP contribution in [0, 0.1) is 0 Å². The van der Waals surface area contributed by atoms with Crippen molar-refractivity contribution in [3.8, 4) is 5.75 Å². The Kier molecular flexibility index (Phi) is 5.76. The van der Waals surface area contributed by atoms with Crippen LogP contribution in [0.15, 0.2) is 46.9 Å². The van der Waals surface area contributed by atoms with Crippen LogP contribution in [0.3, 0.4) is 0 Å². The van der Waals surface area contributed by atoms with Gasteiger partial charge in [0.25, 0.3) is 0 Å². The van der Waals surface area contributed by atoms with Crippen LogP contribution >= 0.6 is 15.9 Å². The standard InChI is InChI=1S/C17H16BrNO4/c1-22-13-5-3-4-11(8-13)9-16(20)19-15-7-6-12(18)10-14(15)17(21)23-2/h3-8,10H,9H2,1-2H3,(H,19,20). The lowest BCUT2D eigenvalue weighted by atomic mass is 10.1. The SMILES string of the molecule is COC(=O)c1cc(Br)ccc1NC(=O)Cc1cccc(OC)c1. The summed E-state index contributed by atoms with van der Waals surface area (Å²) in [5.41, 5.74) is 1.52. The van der Waals surface area contributed by atoms with Gasteiger partial charge in [-0.2, -0.15) is 0 Å². The molecule has 0 saturated heterocycles. The maximum absolute atomic E-state index is 12.2. The zero-order valence-electron chi connectivity index (χ0n) is 12.8. The van der Waals surface area contributed by atoms with E-state index < -0.39 is 5.97 Å². The number of ether oxygens (including phenoxy) is 2. The van der Waals surface area contributed by atoms with Crippen LogP contribution in [0.4, 0.5) is 5.69 Å². The molecule has 0 aliphatic heterocycles. The van der Waals surface area contributed by atoms with E-state index in [1.165, 1.54) is 7.11 Å². The van der Waals surface area contributed by atoms with Crippen LogP contribution in [0.5, 0.6) is 5.75 Å². The fourth-order valence-corrected chi connectivity index (χ4v) is 2.43. The average molecular weight is 378 g/mol. The molecule has 0 saturated carbocycles. The maximum atomic E-state index is 12.2. The number of methoxy groups -OCH3 is 2. The molecule has 6 heteroatoms. The molecule has 0 bridgehead atoms. The Balaban J connectivity index is 2.15. The molecule has 2 aromatic carbocycles. The van der Waals surface area contributed by atoms with E-state index in [2.05, 4.69) is 21.2 Å². The van der Waals surface area contributed by atoms with Gasteiger partial charge >= 0.3 is 5.97 Å². The van der Waals surface area contributed by atoms with E-state index in [0.29, 0.717) is 17.0 Å². The molecule has 1 amide bonds. The van der Waals surface area contributed by atoms with Crippen molar-refractivity contribution in [3.05, 3.63) is 58.1 Å². The number of nitrogens with one attached hydrogen (secondary N) is 1. The van der Waals surface area contributed by atoms with Gasteiger partial charge in [0, 0.05) is 4.47 Å². The van der Waals surface area contributed by atoms with E-state index in [1.807, 2.05) is 18.2 Å². The average Bonchev–Trinajstić information content (AvgIpc) is 2.55. The Labute approximate surface area is 142 Å². The van der Waals surface area contributed by atoms with Crippen molar-refractivity contribution in [3.63, 3.8) is 0 Å². The number of hydrogen-bond donors (Lipinski definition) is 1. The van der Waals surface area contributed by atoms with E-state index in [9.17, 15) is 9.59 Å². The minimum absolute atomic E-state index is 0.174. The molecule has 120 valence electrons. The van der Waals surface area contributed by atoms with Crippen molar-refractivity contribution in [1.29, 1.82) is 0 Å². The Morgan fingerprint density at radius 2 is 1.91 bits per heavy atom. The second kappa shape index (κ2) is 7.78. The van der Waals surface area contributed by atoms with Gasteiger partial charge in [0.15, 0.2) is 0 Å². The molecule has 0 fully saturated rings. The Morgan fingerprint density at radius 1 is 1.13 bits per heavy atom. The first kappa shape index (κ1) is 17.0. The number of halogens is 1. The summed E-state index contributed by atoms with van der Waals surface area (Å²) in [6.07, 6.45) is 0.174. The molecule has 0 radical (unpaired) electrons. The highest BCUT2D eigenvalue weighted by molar-refractivity contribution is 9.10. The van der Waals surface area contributed by atoms with Crippen LogP contribution < -0.4 is 10.1 Å². The van der Waals surface area contributed by atoms with Crippen LogP contribution in [0.1, 0.15) is 15.9 Å². The Morgan fingerprint density at radius 3 is 2.61 bits per heavy atom. The van der Waals surface area contributed by atoms with Crippen LogP contribution in [-0.2, 0) is 16.0 Å². The third kappa shape index (κ3) is 4.56. The van der Waals surface area contributed by atoms with E-state index in [1.54, 1.807) is 31.4 Å². The fourth-order valence-electron chi connectivity index (χ4n) is 2.07. The molecule has 2 aromatic rings. The van der Waals surface area contributed by atoms with E-state index in [-0.39, 0.29) is 12.3 Å². The highest BCUT2D eigenvalue weighted by Crippen LogP contribution is 2.22. The summed E-state index contributed by atoms with van der Waals surface area (Å²) in [4.78, 5) is 24.0. The Hall–Kier alpha value is -2.34. The molecule has 0 unspecified atom stereocenters. The molecule has 23 heavy (non-hydrogen) atoms. The summed E-state index contributed by atoms with van der Waals surface area (Å²) in [5.74, 6) is -0.0529. The number of carbonyl (C=O) groups excluding carboxylic acids is 2. The molecule has 0 aromatic heterocycles. The smallest absolute Gasteiger partial charge is 0.340 e. The number of amides is 1. The summed E-state index contributed by atoms with van der Waals surface area (Å²) >= 11 is 3.30. The molecular weight excluding hydrogens is 362 g/mol. The second-order valence-corrected chi connectivity index (χ2v) is 5.67. The number of benzene rings is 2. The van der Waals surface area contributed by atoms with Gasteiger partial charge in [-0.15, -0.1) is 0 Å². The van der Waals surface area contributed by atoms with Gasteiger partial charge in [0.2, 0.25) is 5.91 Å². The molecule has 5 nitrogen and oxygen atoms in total. The van der Waals surface area contributed by atoms with E-state index in [4.69, 9.17) is 9.47 Å². The Bertz CT molecular complexity index is 730. The maximum Gasteiger partial charge on any atom is 0.340 e. The molecule has 0 heterocycles. The largest absolute Gasteiger partial charge is 0.497 e. The van der Waals surface area contributed by atoms with Crippen molar-refractivity contribution in [2.24, 2.45) is 0 Å². The summed E-state index contributed by atoms with van der Waals surface area (Å²) in [6, 6.07) is 12.3. The number of esters is 1. The predicted octanol–water partition coefficient (Wildman–Crippen LogP) is 3.43. The van der Waals surface area contributed by atoms with Gasteiger partial charge in [-0.25, -0.2) is 4.79 Å². The molecule has 0 aliphatic rings. The first-order chi connectivity index (χ1) is 11.0. The predicted molar refractivity (Wildman–Crippen MR) is 90.8 cm³/mol. The van der Waals surface area contributed by atoms with Crippen LogP contribution in [-0.4, -0.2) is 26.1 Å². The molecule has 2 rings (SSSR count). The van der Waals surface area contributed by atoms with Gasteiger partial charge < -0.3 is 14.8 Å². The molecule has 0 atom stereocenters. The van der Waals surface area contributed by atoms with Gasteiger partial charge in [-0.3, -0.25) is 4.79 Å². The lowest BCUT2D eigenvalue weighted by Gasteiger charge is -2.11. The fraction of sp³-hybridized carbons (Fsp3) is 0.176. The lowest BCUT2D eigenvalue weighted by molar-refractivity contribution is -0.115. The number of carbonyl (C=O) groups is 2. The van der Waals surface area contributed by atoms with E-state index in [0.717, 1.165) is 10.0 Å². The monoisotopic (exact) mass is 377 g/mol. The van der Waals surface area contributed by atoms with Crippen molar-refractivity contribution in [2.45, 2.75) is 6.42 Å². The number of anilines is 1. The van der Waals surface area contributed by atoms with Crippen molar-refractivity contribution in [2.75, 3.05) is 19.5 Å².